The monoisotopic (exact) mass is 388 g/mol. The van der Waals surface area contributed by atoms with Gasteiger partial charge < -0.3 is 38.3 Å². The van der Waals surface area contributed by atoms with Crippen molar-refractivity contribution >= 4 is 0 Å². The summed E-state index contributed by atoms with van der Waals surface area (Å²) in [4.78, 5) is 0. The minimum atomic E-state index is -0.987. The maximum absolute atomic E-state index is 11.1. The fraction of sp³-hybridized carbons (Fsp3) is 1.00. The Bertz CT molecular complexity index is 572. The number of aliphatic hydroxyl groups is 1. The van der Waals surface area contributed by atoms with Crippen LogP contribution in [0.1, 0.15) is 47.5 Å². The molecule has 0 spiro atoms. The molecule has 0 aromatic carbocycles. The predicted octanol–water partition coefficient (Wildman–Crippen LogP) is 1.33. The van der Waals surface area contributed by atoms with Gasteiger partial charge in [-0.3, -0.25) is 0 Å². The van der Waals surface area contributed by atoms with Crippen LogP contribution in [0.2, 0.25) is 0 Å². The fourth-order valence-electron chi connectivity index (χ4n) is 4.90. The molecule has 6 atom stereocenters. The molecule has 0 amide bonds. The van der Waals surface area contributed by atoms with Gasteiger partial charge in [0.25, 0.3) is 0 Å². The highest BCUT2D eigenvalue weighted by Crippen LogP contribution is 2.51. The van der Waals surface area contributed by atoms with Crippen LogP contribution < -0.4 is 0 Å². The molecule has 0 unspecified atom stereocenters. The number of hydrogen-bond acceptors (Lipinski definition) is 8. The molecule has 0 radical (unpaired) electrons. The lowest BCUT2D eigenvalue weighted by Gasteiger charge is -2.49. The number of hydrogen-bond donors (Lipinski definition) is 1. The second kappa shape index (κ2) is 6.34. The van der Waals surface area contributed by atoms with Crippen LogP contribution in [0.5, 0.6) is 0 Å². The van der Waals surface area contributed by atoms with Gasteiger partial charge in [0, 0.05) is 20.0 Å². The molecule has 8 heteroatoms. The maximum atomic E-state index is 11.1. The van der Waals surface area contributed by atoms with E-state index >= 15 is 0 Å². The SMILES string of the molecule is COC1(O[C@@H]2[C@@H]3OC(C)(C)O[C@@H]3[C@@H](O)[C@]3(C)OC(C)(C)O[C@H]23)CCOCC1. The van der Waals surface area contributed by atoms with Gasteiger partial charge in [0.1, 0.15) is 36.1 Å². The number of ether oxygens (including phenoxy) is 7. The number of methoxy groups -OCH3 is 1. The standard InChI is InChI=1S/C19H32O8/c1-16(2)23-11-12(24-16)14(20)18(5)15(26-17(3,4)27-18)13(11)25-19(21-6)7-9-22-10-8-19/h11-15,20H,7-10H2,1-6H3/t11-,12+,13-,14-,15-,18+/m1/s1. The maximum Gasteiger partial charge on any atom is 0.172 e. The average Bonchev–Trinajstić information content (AvgIpc) is 3.05. The van der Waals surface area contributed by atoms with Crippen LogP contribution in [-0.2, 0) is 33.2 Å². The van der Waals surface area contributed by atoms with E-state index in [1.54, 1.807) is 7.11 Å². The molecular weight excluding hydrogens is 356 g/mol. The lowest BCUT2D eigenvalue weighted by atomic mass is 9.76. The van der Waals surface area contributed by atoms with Crippen molar-refractivity contribution in [2.75, 3.05) is 20.3 Å². The molecule has 4 fully saturated rings. The van der Waals surface area contributed by atoms with Crippen molar-refractivity contribution in [3.05, 3.63) is 0 Å². The fourth-order valence-corrected chi connectivity index (χ4v) is 4.90. The molecule has 8 nitrogen and oxygen atoms in total. The second-order valence-corrected chi connectivity index (χ2v) is 9.04. The first-order valence-corrected chi connectivity index (χ1v) is 9.73. The minimum Gasteiger partial charge on any atom is -0.387 e. The van der Waals surface area contributed by atoms with E-state index in [1.807, 2.05) is 34.6 Å². The minimum absolute atomic E-state index is 0.500. The molecule has 27 heavy (non-hydrogen) atoms. The first kappa shape index (κ1) is 20.0. The normalized spacial score (nSPS) is 47.4. The molecule has 0 aromatic heterocycles. The van der Waals surface area contributed by atoms with Gasteiger partial charge >= 0.3 is 0 Å². The van der Waals surface area contributed by atoms with E-state index in [0.29, 0.717) is 26.1 Å². The summed E-state index contributed by atoms with van der Waals surface area (Å²) in [5.41, 5.74) is -0.987. The lowest BCUT2D eigenvalue weighted by Crippen LogP contribution is -2.69. The molecule has 0 aromatic rings. The van der Waals surface area contributed by atoms with Crippen LogP contribution in [-0.4, -0.2) is 78.9 Å². The van der Waals surface area contributed by atoms with Gasteiger partial charge in [-0.2, -0.15) is 0 Å². The zero-order chi connectivity index (χ0) is 19.7. The summed E-state index contributed by atoms with van der Waals surface area (Å²) in [5.74, 6) is -2.48. The van der Waals surface area contributed by atoms with E-state index in [2.05, 4.69) is 0 Å². The Hall–Kier alpha value is -0.320. The summed E-state index contributed by atoms with van der Waals surface area (Å²) in [6.07, 6.45) is -1.83. The van der Waals surface area contributed by atoms with E-state index in [0.717, 1.165) is 0 Å². The van der Waals surface area contributed by atoms with Crippen molar-refractivity contribution in [2.45, 2.75) is 101 Å². The third-order valence-electron chi connectivity index (χ3n) is 6.10. The van der Waals surface area contributed by atoms with Crippen LogP contribution in [0.15, 0.2) is 0 Å². The molecule has 0 bridgehead atoms. The number of aliphatic hydroxyl groups excluding tert-OH is 1. The van der Waals surface area contributed by atoms with Crippen LogP contribution in [0.25, 0.3) is 0 Å². The topological polar surface area (TPSA) is 84.8 Å². The van der Waals surface area contributed by atoms with E-state index in [-0.39, 0.29) is 0 Å². The molecular formula is C19H32O8. The van der Waals surface area contributed by atoms with Gasteiger partial charge in [-0.1, -0.05) is 0 Å². The van der Waals surface area contributed by atoms with Gasteiger partial charge in [0.2, 0.25) is 0 Å². The molecule has 1 N–H and O–H groups in total. The molecule has 4 aliphatic rings. The summed E-state index contributed by atoms with van der Waals surface area (Å²) in [7, 11) is 1.64. The quantitative estimate of drug-likeness (QED) is 0.725. The van der Waals surface area contributed by atoms with Gasteiger partial charge in [-0.15, -0.1) is 0 Å². The molecule has 1 aliphatic carbocycles. The second-order valence-electron chi connectivity index (χ2n) is 9.04. The van der Waals surface area contributed by atoms with Crippen molar-refractivity contribution in [3.63, 3.8) is 0 Å². The molecule has 3 heterocycles. The predicted molar refractivity (Wildman–Crippen MR) is 92.9 cm³/mol. The Morgan fingerprint density at radius 2 is 1.52 bits per heavy atom. The van der Waals surface area contributed by atoms with E-state index < -0.39 is 53.5 Å². The highest BCUT2D eigenvalue weighted by atomic mass is 16.8. The summed E-state index contributed by atoms with van der Waals surface area (Å²) in [5, 5.41) is 11.1. The number of fused-ring (bicyclic) bond motifs is 2. The Morgan fingerprint density at radius 3 is 2.15 bits per heavy atom. The molecule has 1 saturated carbocycles. The van der Waals surface area contributed by atoms with Gasteiger partial charge in [0.15, 0.2) is 17.4 Å². The van der Waals surface area contributed by atoms with Gasteiger partial charge in [-0.05, 0) is 34.6 Å². The van der Waals surface area contributed by atoms with Crippen LogP contribution in [0.3, 0.4) is 0 Å². The van der Waals surface area contributed by atoms with Crippen LogP contribution in [0, 0.1) is 0 Å². The third-order valence-corrected chi connectivity index (χ3v) is 6.10. The van der Waals surface area contributed by atoms with Gasteiger partial charge in [-0.25, -0.2) is 0 Å². The Kier molecular flexibility index (Phi) is 4.69. The van der Waals surface area contributed by atoms with E-state index in [1.165, 1.54) is 0 Å². The first-order chi connectivity index (χ1) is 12.5. The highest BCUT2D eigenvalue weighted by molar-refractivity contribution is 5.15. The largest absolute Gasteiger partial charge is 0.387 e. The van der Waals surface area contributed by atoms with Crippen molar-refractivity contribution < 1.29 is 38.3 Å². The smallest absolute Gasteiger partial charge is 0.172 e. The third kappa shape index (κ3) is 3.24. The first-order valence-electron chi connectivity index (χ1n) is 9.73. The van der Waals surface area contributed by atoms with E-state index in [9.17, 15) is 5.11 Å². The summed E-state index contributed by atoms with van der Waals surface area (Å²) in [6.45, 7) is 10.3. The Labute approximate surface area is 160 Å². The average molecular weight is 388 g/mol. The zero-order valence-electron chi connectivity index (χ0n) is 17.0. The van der Waals surface area contributed by atoms with Crippen LogP contribution in [0.4, 0.5) is 0 Å². The molecule has 156 valence electrons. The van der Waals surface area contributed by atoms with Crippen molar-refractivity contribution in [3.8, 4) is 0 Å². The van der Waals surface area contributed by atoms with Crippen molar-refractivity contribution in [2.24, 2.45) is 0 Å². The van der Waals surface area contributed by atoms with E-state index in [4.69, 9.17) is 33.2 Å². The highest BCUT2D eigenvalue weighted by Gasteiger charge is 2.69. The molecule has 4 rings (SSSR count). The number of rotatable bonds is 3. The molecule has 3 saturated heterocycles. The lowest BCUT2D eigenvalue weighted by molar-refractivity contribution is -0.318. The van der Waals surface area contributed by atoms with Crippen molar-refractivity contribution in [1.29, 1.82) is 0 Å². The molecule has 3 aliphatic heterocycles. The zero-order valence-corrected chi connectivity index (χ0v) is 17.0. The summed E-state index contributed by atoms with van der Waals surface area (Å²) < 4.78 is 42.4. The Balaban J connectivity index is 1.70. The van der Waals surface area contributed by atoms with Crippen molar-refractivity contribution in [1.82, 2.24) is 0 Å². The summed E-state index contributed by atoms with van der Waals surface area (Å²) >= 11 is 0. The van der Waals surface area contributed by atoms with Crippen LogP contribution >= 0.6 is 0 Å². The summed E-state index contributed by atoms with van der Waals surface area (Å²) in [6, 6.07) is 0. The Morgan fingerprint density at radius 1 is 0.889 bits per heavy atom. The van der Waals surface area contributed by atoms with Gasteiger partial charge in [0.05, 0.1) is 13.2 Å².